The van der Waals surface area contributed by atoms with Crippen molar-refractivity contribution in [2.45, 2.75) is 18.8 Å². The van der Waals surface area contributed by atoms with E-state index in [-0.39, 0.29) is 5.56 Å². The quantitative estimate of drug-likeness (QED) is 0.668. The molecule has 1 fully saturated rings. The topological polar surface area (TPSA) is 48.0 Å². The standard InChI is InChI=1S/C9H12N2O/c1-11-8(6-2-3-6)5-4-7(10)9(11)12/h4-6H,2-3,10H2,1H3. The smallest absolute Gasteiger partial charge is 0.273 e. The Kier molecular flexibility index (Phi) is 1.46. The van der Waals surface area contributed by atoms with E-state index in [4.69, 9.17) is 5.73 Å². The first-order valence-corrected chi connectivity index (χ1v) is 4.15. The Morgan fingerprint density at radius 2 is 2.17 bits per heavy atom. The molecule has 1 aliphatic rings. The molecule has 0 aromatic carbocycles. The molecule has 0 aliphatic heterocycles. The molecular formula is C9H12N2O. The lowest BCUT2D eigenvalue weighted by molar-refractivity contribution is 0.779. The molecule has 0 amide bonds. The van der Waals surface area contributed by atoms with Crippen molar-refractivity contribution < 1.29 is 0 Å². The van der Waals surface area contributed by atoms with Gasteiger partial charge in [-0.15, -0.1) is 0 Å². The highest BCUT2D eigenvalue weighted by atomic mass is 16.1. The Hall–Kier alpha value is -1.25. The van der Waals surface area contributed by atoms with Crippen LogP contribution in [-0.2, 0) is 7.05 Å². The number of anilines is 1. The molecule has 1 heterocycles. The Labute approximate surface area is 70.8 Å². The molecule has 3 heteroatoms. The number of nitrogens with two attached hydrogens (primary N) is 1. The molecule has 2 N–H and O–H groups in total. The third-order valence-electron chi connectivity index (χ3n) is 2.37. The monoisotopic (exact) mass is 164 g/mol. The number of hydrogen-bond donors (Lipinski definition) is 1. The van der Waals surface area contributed by atoms with Crippen molar-refractivity contribution in [2.24, 2.45) is 7.05 Å². The molecule has 1 saturated carbocycles. The third-order valence-corrected chi connectivity index (χ3v) is 2.37. The van der Waals surface area contributed by atoms with Crippen molar-refractivity contribution in [3.63, 3.8) is 0 Å². The van der Waals surface area contributed by atoms with Gasteiger partial charge < -0.3 is 10.3 Å². The van der Waals surface area contributed by atoms with E-state index in [0.717, 1.165) is 5.69 Å². The maximum atomic E-state index is 11.4. The lowest BCUT2D eigenvalue weighted by Gasteiger charge is -2.06. The zero-order chi connectivity index (χ0) is 8.72. The number of nitrogen functional groups attached to an aromatic ring is 1. The van der Waals surface area contributed by atoms with Gasteiger partial charge in [0, 0.05) is 12.7 Å². The van der Waals surface area contributed by atoms with Gasteiger partial charge in [0.1, 0.15) is 0 Å². The number of aromatic nitrogens is 1. The van der Waals surface area contributed by atoms with E-state index in [1.165, 1.54) is 12.8 Å². The van der Waals surface area contributed by atoms with Crippen LogP contribution in [0.2, 0.25) is 0 Å². The fourth-order valence-corrected chi connectivity index (χ4v) is 1.46. The second-order valence-electron chi connectivity index (χ2n) is 3.35. The van der Waals surface area contributed by atoms with Gasteiger partial charge in [-0.1, -0.05) is 0 Å². The average Bonchev–Trinajstić information content (AvgIpc) is 2.84. The van der Waals surface area contributed by atoms with Gasteiger partial charge in [-0.05, 0) is 30.9 Å². The van der Waals surface area contributed by atoms with Gasteiger partial charge in [0.05, 0.1) is 5.69 Å². The Balaban J connectivity index is 2.57. The van der Waals surface area contributed by atoms with E-state index in [9.17, 15) is 4.79 Å². The van der Waals surface area contributed by atoms with Crippen LogP contribution in [0.5, 0.6) is 0 Å². The van der Waals surface area contributed by atoms with E-state index in [1.54, 1.807) is 17.7 Å². The van der Waals surface area contributed by atoms with Gasteiger partial charge >= 0.3 is 0 Å². The van der Waals surface area contributed by atoms with E-state index in [2.05, 4.69) is 0 Å². The minimum absolute atomic E-state index is 0.0700. The summed E-state index contributed by atoms with van der Waals surface area (Å²) in [7, 11) is 1.78. The van der Waals surface area contributed by atoms with Crippen LogP contribution in [0.25, 0.3) is 0 Å². The highest BCUT2D eigenvalue weighted by molar-refractivity contribution is 5.37. The van der Waals surface area contributed by atoms with Crippen molar-refractivity contribution in [1.82, 2.24) is 4.57 Å². The third kappa shape index (κ3) is 1.02. The summed E-state index contributed by atoms with van der Waals surface area (Å²) in [6.07, 6.45) is 2.41. The molecule has 0 bridgehead atoms. The number of pyridine rings is 1. The SMILES string of the molecule is Cn1c(C2CC2)ccc(N)c1=O. The first-order valence-electron chi connectivity index (χ1n) is 4.15. The lowest BCUT2D eigenvalue weighted by Crippen LogP contribution is -2.22. The van der Waals surface area contributed by atoms with Crippen LogP contribution < -0.4 is 11.3 Å². The normalized spacial score (nSPS) is 16.4. The first-order chi connectivity index (χ1) is 5.70. The Morgan fingerprint density at radius 3 is 2.75 bits per heavy atom. The van der Waals surface area contributed by atoms with Crippen LogP contribution in [0.3, 0.4) is 0 Å². The molecule has 1 aromatic rings. The summed E-state index contributed by atoms with van der Waals surface area (Å²) in [6.45, 7) is 0. The molecule has 0 spiro atoms. The van der Waals surface area contributed by atoms with Crippen molar-refractivity contribution in [1.29, 1.82) is 0 Å². The molecule has 1 aromatic heterocycles. The molecule has 12 heavy (non-hydrogen) atoms. The molecule has 3 nitrogen and oxygen atoms in total. The van der Waals surface area contributed by atoms with Crippen molar-refractivity contribution in [3.8, 4) is 0 Å². The Bertz CT molecular complexity index is 363. The predicted octanol–water partition coefficient (Wildman–Crippen LogP) is 0.845. The molecule has 0 unspecified atom stereocenters. The molecule has 1 aliphatic carbocycles. The molecule has 0 saturated heterocycles. The lowest BCUT2D eigenvalue weighted by atomic mass is 10.2. The van der Waals surface area contributed by atoms with E-state index >= 15 is 0 Å². The van der Waals surface area contributed by atoms with Gasteiger partial charge in [-0.25, -0.2) is 0 Å². The summed E-state index contributed by atoms with van der Waals surface area (Å²) in [5.41, 5.74) is 6.86. The van der Waals surface area contributed by atoms with E-state index < -0.39 is 0 Å². The summed E-state index contributed by atoms with van der Waals surface area (Å²) in [6, 6.07) is 3.66. The van der Waals surface area contributed by atoms with Gasteiger partial charge in [0.2, 0.25) is 0 Å². The second kappa shape index (κ2) is 2.37. The highest BCUT2D eigenvalue weighted by Crippen LogP contribution is 2.39. The van der Waals surface area contributed by atoms with Crippen LogP contribution >= 0.6 is 0 Å². The summed E-state index contributed by atoms with van der Waals surface area (Å²) in [4.78, 5) is 11.4. The maximum absolute atomic E-state index is 11.4. The minimum atomic E-state index is -0.0700. The predicted molar refractivity (Wildman–Crippen MR) is 48.1 cm³/mol. The fourth-order valence-electron chi connectivity index (χ4n) is 1.46. The van der Waals surface area contributed by atoms with Crippen LogP contribution in [0.4, 0.5) is 5.69 Å². The van der Waals surface area contributed by atoms with Crippen molar-refractivity contribution in [2.75, 3.05) is 5.73 Å². The maximum Gasteiger partial charge on any atom is 0.273 e. The molecule has 0 radical (unpaired) electrons. The van der Waals surface area contributed by atoms with Crippen molar-refractivity contribution >= 4 is 5.69 Å². The minimum Gasteiger partial charge on any atom is -0.394 e. The first kappa shape index (κ1) is 7.40. The summed E-state index contributed by atoms with van der Waals surface area (Å²) in [5, 5.41) is 0. The van der Waals surface area contributed by atoms with Crippen LogP contribution in [0.15, 0.2) is 16.9 Å². The second-order valence-corrected chi connectivity index (χ2v) is 3.35. The highest BCUT2D eigenvalue weighted by Gasteiger charge is 2.25. The molecule has 2 rings (SSSR count). The van der Waals surface area contributed by atoms with Crippen LogP contribution in [-0.4, -0.2) is 4.57 Å². The van der Waals surface area contributed by atoms with Gasteiger partial charge in [-0.2, -0.15) is 0 Å². The van der Waals surface area contributed by atoms with Gasteiger partial charge in [0.25, 0.3) is 5.56 Å². The number of nitrogens with zero attached hydrogens (tertiary/aromatic N) is 1. The summed E-state index contributed by atoms with van der Waals surface area (Å²) in [5.74, 6) is 0.600. The van der Waals surface area contributed by atoms with E-state index in [1.807, 2.05) is 6.07 Å². The average molecular weight is 164 g/mol. The fraction of sp³-hybridized carbons (Fsp3) is 0.444. The summed E-state index contributed by atoms with van der Waals surface area (Å²) < 4.78 is 1.66. The largest absolute Gasteiger partial charge is 0.394 e. The van der Waals surface area contributed by atoms with Crippen LogP contribution in [0, 0.1) is 0 Å². The van der Waals surface area contributed by atoms with Gasteiger partial charge in [-0.3, -0.25) is 4.79 Å². The number of rotatable bonds is 1. The molecule has 64 valence electrons. The number of hydrogen-bond acceptors (Lipinski definition) is 2. The summed E-state index contributed by atoms with van der Waals surface area (Å²) >= 11 is 0. The van der Waals surface area contributed by atoms with Crippen molar-refractivity contribution in [3.05, 3.63) is 28.2 Å². The van der Waals surface area contributed by atoms with Crippen LogP contribution in [0.1, 0.15) is 24.5 Å². The van der Waals surface area contributed by atoms with Gasteiger partial charge in [0.15, 0.2) is 0 Å². The zero-order valence-corrected chi connectivity index (χ0v) is 7.08. The Morgan fingerprint density at radius 1 is 1.50 bits per heavy atom. The molecular weight excluding hydrogens is 152 g/mol. The zero-order valence-electron chi connectivity index (χ0n) is 7.08. The van der Waals surface area contributed by atoms with E-state index in [0.29, 0.717) is 11.6 Å². The molecule has 0 atom stereocenters.